The lowest BCUT2D eigenvalue weighted by atomic mass is 10.1. The number of hydrogen-bond acceptors (Lipinski definition) is 6. The summed E-state index contributed by atoms with van der Waals surface area (Å²) in [5.74, 6) is 0.634. The predicted molar refractivity (Wildman–Crippen MR) is 106 cm³/mol. The van der Waals surface area contributed by atoms with Gasteiger partial charge in [-0.15, -0.1) is 11.3 Å². The maximum Gasteiger partial charge on any atom is 0.262 e. The molecule has 0 aliphatic carbocycles. The summed E-state index contributed by atoms with van der Waals surface area (Å²) in [6.45, 7) is 5.83. The van der Waals surface area contributed by atoms with Crippen LogP contribution in [0.5, 0.6) is 5.75 Å². The number of rotatable bonds is 7. The van der Waals surface area contributed by atoms with E-state index in [1.807, 2.05) is 20.8 Å². The van der Waals surface area contributed by atoms with Gasteiger partial charge in [-0.25, -0.2) is 4.98 Å². The van der Waals surface area contributed by atoms with Crippen LogP contribution in [0.15, 0.2) is 35.4 Å². The quantitative estimate of drug-likeness (QED) is 0.631. The first-order valence-electron chi connectivity index (χ1n) is 8.80. The molecule has 1 N–H and O–H groups in total. The molecule has 142 valence electrons. The molecular weight excluding hydrogens is 364 g/mol. The van der Waals surface area contributed by atoms with Gasteiger partial charge in [0.05, 0.1) is 18.3 Å². The van der Waals surface area contributed by atoms with Crippen molar-refractivity contribution in [1.29, 1.82) is 0 Å². The Morgan fingerprint density at radius 2 is 2.00 bits per heavy atom. The Balaban J connectivity index is 1.66. The van der Waals surface area contributed by atoms with Crippen LogP contribution in [0.2, 0.25) is 0 Å². The fourth-order valence-corrected chi connectivity index (χ4v) is 3.80. The van der Waals surface area contributed by atoms with Gasteiger partial charge in [0, 0.05) is 16.9 Å². The van der Waals surface area contributed by atoms with Gasteiger partial charge in [-0.3, -0.25) is 14.2 Å². The average molecular weight is 386 g/mol. The number of aryl methyl sites for hydroxylation is 2. The van der Waals surface area contributed by atoms with Gasteiger partial charge in [0.25, 0.3) is 5.56 Å². The zero-order chi connectivity index (χ0) is 19.6. The fourth-order valence-electron chi connectivity index (χ4n) is 2.81. The normalized spacial score (nSPS) is 12.3. The molecule has 3 aromatic rings. The van der Waals surface area contributed by atoms with E-state index in [0.29, 0.717) is 23.1 Å². The maximum atomic E-state index is 12.6. The SMILES string of the molecule is CCC(=O)c1ccc(OC[C@H](O)Cn2cnc3sc(C)c(C)c3c2=O)cc1. The van der Waals surface area contributed by atoms with Crippen LogP contribution in [-0.2, 0) is 6.54 Å². The third-order valence-corrected chi connectivity index (χ3v) is 5.62. The van der Waals surface area contributed by atoms with Gasteiger partial charge in [-0.2, -0.15) is 0 Å². The Labute approximate surface area is 161 Å². The number of benzene rings is 1. The van der Waals surface area contributed by atoms with Gasteiger partial charge in [0.1, 0.15) is 23.3 Å². The highest BCUT2D eigenvalue weighted by Gasteiger charge is 2.14. The number of carbonyl (C=O) groups excluding carboxylic acids is 1. The van der Waals surface area contributed by atoms with E-state index in [1.165, 1.54) is 22.2 Å². The number of hydrogen-bond donors (Lipinski definition) is 1. The van der Waals surface area contributed by atoms with E-state index in [0.717, 1.165) is 15.3 Å². The average Bonchev–Trinajstić information content (AvgIpc) is 2.97. The number of aliphatic hydroxyl groups is 1. The van der Waals surface area contributed by atoms with Crippen molar-refractivity contribution in [3.8, 4) is 5.75 Å². The number of ether oxygens (including phenoxy) is 1. The summed E-state index contributed by atoms with van der Waals surface area (Å²) in [5.41, 5.74) is 1.43. The monoisotopic (exact) mass is 386 g/mol. The first-order chi connectivity index (χ1) is 12.9. The van der Waals surface area contributed by atoms with Crippen molar-refractivity contribution >= 4 is 27.3 Å². The highest BCUT2D eigenvalue weighted by atomic mass is 32.1. The zero-order valence-electron chi connectivity index (χ0n) is 15.6. The van der Waals surface area contributed by atoms with Gasteiger partial charge in [-0.05, 0) is 43.7 Å². The molecule has 0 aliphatic rings. The van der Waals surface area contributed by atoms with Crippen LogP contribution >= 0.6 is 11.3 Å². The largest absolute Gasteiger partial charge is 0.491 e. The van der Waals surface area contributed by atoms with Gasteiger partial charge in [-0.1, -0.05) is 6.92 Å². The second kappa shape index (κ2) is 8.02. The molecule has 0 radical (unpaired) electrons. The molecule has 0 amide bonds. The number of thiophene rings is 1. The third-order valence-electron chi connectivity index (χ3n) is 4.50. The Kier molecular flexibility index (Phi) is 5.72. The smallest absolute Gasteiger partial charge is 0.262 e. The van der Waals surface area contributed by atoms with Gasteiger partial charge in [0.15, 0.2) is 5.78 Å². The number of ketones is 1. The van der Waals surface area contributed by atoms with Crippen molar-refractivity contribution in [2.45, 2.75) is 39.8 Å². The van der Waals surface area contributed by atoms with Crippen molar-refractivity contribution < 1.29 is 14.6 Å². The van der Waals surface area contributed by atoms with Crippen molar-refractivity contribution in [3.05, 3.63) is 57.0 Å². The number of fused-ring (bicyclic) bond motifs is 1. The van der Waals surface area contributed by atoms with Crippen LogP contribution in [0, 0.1) is 13.8 Å². The Bertz CT molecular complexity index is 1020. The third kappa shape index (κ3) is 4.09. The Hall–Kier alpha value is -2.51. The van der Waals surface area contributed by atoms with E-state index in [4.69, 9.17) is 4.74 Å². The van der Waals surface area contributed by atoms with E-state index in [1.54, 1.807) is 24.3 Å². The van der Waals surface area contributed by atoms with E-state index in [-0.39, 0.29) is 24.5 Å². The molecule has 0 unspecified atom stereocenters. The Morgan fingerprint density at radius 1 is 1.30 bits per heavy atom. The topological polar surface area (TPSA) is 81.4 Å². The molecule has 0 bridgehead atoms. The summed E-state index contributed by atoms with van der Waals surface area (Å²) < 4.78 is 6.98. The van der Waals surface area contributed by atoms with Crippen LogP contribution in [0.1, 0.15) is 34.1 Å². The molecule has 0 aliphatic heterocycles. The number of Topliss-reactive ketones (excluding diaryl/α,β-unsaturated/α-hetero) is 1. The number of aliphatic hydroxyl groups excluding tert-OH is 1. The van der Waals surface area contributed by atoms with E-state index in [2.05, 4.69) is 4.98 Å². The molecule has 0 saturated carbocycles. The molecular formula is C20H22N2O4S. The molecule has 7 heteroatoms. The second-order valence-electron chi connectivity index (χ2n) is 6.43. The van der Waals surface area contributed by atoms with Gasteiger partial charge in [0.2, 0.25) is 0 Å². The summed E-state index contributed by atoms with van der Waals surface area (Å²) in [5, 5.41) is 10.9. The first-order valence-corrected chi connectivity index (χ1v) is 9.61. The van der Waals surface area contributed by atoms with Crippen LogP contribution < -0.4 is 10.3 Å². The van der Waals surface area contributed by atoms with Crippen molar-refractivity contribution in [1.82, 2.24) is 9.55 Å². The summed E-state index contributed by atoms with van der Waals surface area (Å²) in [7, 11) is 0. The lowest BCUT2D eigenvalue weighted by Gasteiger charge is -2.14. The number of carbonyl (C=O) groups is 1. The molecule has 3 rings (SSSR count). The highest BCUT2D eigenvalue weighted by molar-refractivity contribution is 7.18. The molecule has 0 saturated heterocycles. The van der Waals surface area contributed by atoms with Crippen molar-refractivity contribution in [2.75, 3.05) is 6.61 Å². The molecule has 0 fully saturated rings. The van der Waals surface area contributed by atoms with Crippen molar-refractivity contribution in [2.24, 2.45) is 0 Å². The lowest BCUT2D eigenvalue weighted by molar-refractivity contribution is 0.0913. The van der Waals surface area contributed by atoms with Crippen LogP contribution in [0.25, 0.3) is 10.2 Å². The maximum absolute atomic E-state index is 12.6. The second-order valence-corrected chi connectivity index (χ2v) is 7.63. The number of aromatic nitrogens is 2. The first kappa shape index (κ1) is 19.3. The molecule has 6 nitrogen and oxygen atoms in total. The van der Waals surface area contributed by atoms with Crippen LogP contribution in [-0.4, -0.2) is 33.2 Å². The summed E-state index contributed by atoms with van der Waals surface area (Å²) in [6.07, 6.45) is 1.06. The van der Waals surface area contributed by atoms with Gasteiger partial charge >= 0.3 is 0 Å². The minimum absolute atomic E-state index is 0.0349. The fraction of sp³-hybridized carbons (Fsp3) is 0.350. The molecule has 1 aromatic carbocycles. The van der Waals surface area contributed by atoms with Crippen LogP contribution in [0.3, 0.4) is 0 Å². The summed E-state index contributed by atoms with van der Waals surface area (Å²) in [6, 6.07) is 6.81. The van der Waals surface area contributed by atoms with Crippen molar-refractivity contribution in [3.63, 3.8) is 0 Å². The number of nitrogens with zero attached hydrogens (tertiary/aromatic N) is 2. The molecule has 2 heterocycles. The molecule has 0 spiro atoms. The Morgan fingerprint density at radius 3 is 2.67 bits per heavy atom. The molecule has 2 aromatic heterocycles. The summed E-state index contributed by atoms with van der Waals surface area (Å²) >= 11 is 1.50. The van der Waals surface area contributed by atoms with E-state index in [9.17, 15) is 14.7 Å². The van der Waals surface area contributed by atoms with Crippen LogP contribution in [0.4, 0.5) is 0 Å². The summed E-state index contributed by atoms with van der Waals surface area (Å²) in [4.78, 5) is 30.4. The lowest BCUT2D eigenvalue weighted by Crippen LogP contribution is -2.30. The zero-order valence-corrected chi connectivity index (χ0v) is 16.4. The minimum Gasteiger partial charge on any atom is -0.491 e. The highest BCUT2D eigenvalue weighted by Crippen LogP contribution is 2.25. The predicted octanol–water partition coefficient (Wildman–Crippen LogP) is 3.11. The standard InChI is InChI=1S/C20H22N2O4S/c1-4-17(24)14-5-7-16(8-6-14)26-10-15(23)9-22-11-21-19-18(20(22)25)12(2)13(3)27-19/h5-8,11,15,23H,4,9-10H2,1-3H3/t15-/m1/s1. The van der Waals surface area contributed by atoms with E-state index >= 15 is 0 Å². The van der Waals surface area contributed by atoms with E-state index < -0.39 is 6.10 Å². The van der Waals surface area contributed by atoms with Gasteiger partial charge < -0.3 is 9.84 Å². The minimum atomic E-state index is -0.862. The molecule has 1 atom stereocenters. The molecule has 27 heavy (non-hydrogen) atoms.